The fourth-order valence-corrected chi connectivity index (χ4v) is 1.26. The van der Waals surface area contributed by atoms with Gasteiger partial charge in [-0.05, 0) is 0 Å². The Labute approximate surface area is 69.2 Å². The van der Waals surface area contributed by atoms with Gasteiger partial charge in [0.05, 0.1) is 5.51 Å². The van der Waals surface area contributed by atoms with Gasteiger partial charge in [0.1, 0.15) is 5.00 Å². The molecule has 0 aliphatic heterocycles. The largest absolute Gasteiger partial charge is 0.436 e. The summed E-state index contributed by atoms with van der Waals surface area (Å²) in [7, 11) is 0. The van der Waals surface area contributed by atoms with Gasteiger partial charge >= 0.3 is 6.18 Å². The summed E-state index contributed by atoms with van der Waals surface area (Å²) >= 11 is 0.728. The zero-order chi connectivity index (χ0) is 9.19. The maximum absolute atomic E-state index is 12.0. The van der Waals surface area contributed by atoms with Crippen molar-refractivity contribution in [1.29, 1.82) is 0 Å². The molecule has 1 rings (SSSR count). The number of carbonyl (C=O) groups excluding carboxylic acids is 1. The minimum Gasteiger partial charge on any atom is -0.318 e. The standard InChI is InChI=1S/C5H3F3N2OS/c6-5(7,8)3-4(9-1-11)12-2-10-3/h1-2H,(H,9,11). The highest BCUT2D eigenvalue weighted by Gasteiger charge is 2.36. The predicted molar refractivity (Wildman–Crippen MR) is 36.8 cm³/mol. The molecule has 0 spiro atoms. The molecule has 7 heteroatoms. The molecule has 0 fully saturated rings. The van der Waals surface area contributed by atoms with Gasteiger partial charge in [0.25, 0.3) is 0 Å². The molecule has 0 saturated heterocycles. The number of rotatable bonds is 2. The second-order valence-corrected chi connectivity index (χ2v) is 2.64. The van der Waals surface area contributed by atoms with Crippen LogP contribution >= 0.6 is 11.3 Å². The van der Waals surface area contributed by atoms with E-state index in [0.29, 0.717) is 0 Å². The van der Waals surface area contributed by atoms with Crippen molar-refractivity contribution in [3.63, 3.8) is 0 Å². The monoisotopic (exact) mass is 196 g/mol. The lowest BCUT2D eigenvalue weighted by Gasteiger charge is -2.03. The van der Waals surface area contributed by atoms with Gasteiger partial charge in [-0.2, -0.15) is 13.2 Å². The number of anilines is 1. The van der Waals surface area contributed by atoms with Crippen molar-refractivity contribution in [3.05, 3.63) is 11.2 Å². The average molecular weight is 196 g/mol. The second kappa shape index (κ2) is 3.10. The van der Waals surface area contributed by atoms with E-state index in [2.05, 4.69) is 4.98 Å². The first kappa shape index (κ1) is 8.98. The number of carbonyl (C=O) groups is 1. The summed E-state index contributed by atoms with van der Waals surface area (Å²) in [5.41, 5.74) is -0.0334. The third-order valence-electron chi connectivity index (χ3n) is 1.03. The van der Waals surface area contributed by atoms with E-state index in [1.54, 1.807) is 0 Å². The fourth-order valence-electron chi connectivity index (χ4n) is 0.604. The van der Waals surface area contributed by atoms with Crippen molar-refractivity contribution >= 4 is 22.7 Å². The number of amides is 1. The minimum atomic E-state index is -4.51. The van der Waals surface area contributed by atoms with Crippen LogP contribution in [0.5, 0.6) is 0 Å². The summed E-state index contributed by atoms with van der Waals surface area (Å²) in [5, 5.41) is 1.64. The lowest BCUT2D eigenvalue weighted by atomic mass is 10.4. The molecule has 0 bridgehead atoms. The maximum Gasteiger partial charge on any atom is 0.436 e. The van der Waals surface area contributed by atoms with Crippen LogP contribution in [0.15, 0.2) is 5.51 Å². The summed E-state index contributed by atoms with van der Waals surface area (Å²) in [5.74, 6) is 0. The molecule has 1 aromatic heterocycles. The normalized spacial score (nSPS) is 11.2. The van der Waals surface area contributed by atoms with E-state index in [1.165, 1.54) is 0 Å². The van der Waals surface area contributed by atoms with Crippen molar-refractivity contribution in [1.82, 2.24) is 4.98 Å². The van der Waals surface area contributed by atoms with Crippen LogP contribution in [0, 0.1) is 0 Å². The van der Waals surface area contributed by atoms with E-state index in [1.807, 2.05) is 5.32 Å². The molecule has 0 saturated carbocycles. The maximum atomic E-state index is 12.0. The molecule has 3 nitrogen and oxygen atoms in total. The first-order valence-corrected chi connectivity index (χ1v) is 3.64. The van der Waals surface area contributed by atoms with Crippen LogP contribution in [0.1, 0.15) is 5.69 Å². The van der Waals surface area contributed by atoms with Crippen LogP contribution in [0.25, 0.3) is 0 Å². The number of nitrogens with one attached hydrogen (secondary N) is 1. The summed E-state index contributed by atoms with van der Waals surface area (Å²) in [4.78, 5) is 12.9. The SMILES string of the molecule is O=CNc1scnc1C(F)(F)F. The molecule has 1 heterocycles. The Balaban J connectivity index is 2.99. The third-order valence-corrected chi connectivity index (χ3v) is 1.78. The van der Waals surface area contributed by atoms with Crippen LogP contribution < -0.4 is 5.32 Å². The lowest BCUT2D eigenvalue weighted by Crippen LogP contribution is -2.08. The first-order valence-electron chi connectivity index (χ1n) is 2.76. The number of hydrogen-bond acceptors (Lipinski definition) is 3. The van der Waals surface area contributed by atoms with E-state index in [-0.39, 0.29) is 11.4 Å². The minimum absolute atomic E-state index is 0.183. The highest BCUT2D eigenvalue weighted by Crippen LogP contribution is 2.35. The smallest absolute Gasteiger partial charge is 0.318 e. The first-order chi connectivity index (χ1) is 5.55. The van der Waals surface area contributed by atoms with Gasteiger partial charge in [-0.15, -0.1) is 11.3 Å². The van der Waals surface area contributed by atoms with Crippen LogP contribution in [0.2, 0.25) is 0 Å². The number of alkyl halides is 3. The van der Waals surface area contributed by atoms with Gasteiger partial charge < -0.3 is 5.32 Å². The van der Waals surface area contributed by atoms with Crippen molar-refractivity contribution in [2.45, 2.75) is 6.18 Å². The Hall–Kier alpha value is -1.11. The van der Waals surface area contributed by atoms with Crippen LogP contribution in [-0.2, 0) is 11.0 Å². The Morgan fingerprint density at radius 2 is 2.25 bits per heavy atom. The van der Waals surface area contributed by atoms with Crippen LogP contribution in [0.3, 0.4) is 0 Å². The molecular weight excluding hydrogens is 193 g/mol. The summed E-state index contributed by atoms with van der Waals surface area (Å²) in [6, 6.07) is 0. The molecule has 12 heavy (non-hydrogen) atoms. The molecule has 1 aromatic rings. The topological polar surface area (TPSA) is 42.0 Å². The van der Waals surface area contributed by atoms with E-state index in [4.69, 9.17) is 0 Å². The van der Waals surface area contributed by atoms with Gasteiger partial charge in [0, 0.05) is 0 Å². The lowest BCUT2D eigenvalue weighted by molar-refractivity contribution is -0.140. The third kappa shape index (κ3) is 1.73. The Morgan fingerprint density at radius 3 is 2.75 bits per heavy atom. The summed E-state index contributed by atoms with van der Waals surface area (Å²) in [6.07, 6.45) is -4.33. The summed E-state index contributed by atoms with van der Waals surface area (Å²) in [6.45, 7) is 0. The van der Waals surface area contributed by atoms with Crippen LogP contribution in [-0.4, -0.2) is 11.4 Å². The zero-order valence-electron chi connectivity index (χ0n) is 5.55. The van der Waals surface area contributed by atoms with Gasteiger partial charge in [0.15, 0.2) is 5.69 Å². The summed E-state index contributed by atoms with van der Waals surface area (Å²) < 4.78 is 36.0. The molecule has 1 N–H and O–H groups in total. The number of halogens is 3. The molecule has 0 aliphatic carbocycles. The molecule has 0 aliphatic rings. The second-order valence-electron chi connectivity index (χ2n) is 1.79. The van der Waals surface area contributed by atoms with Crippen molar-refractivity contribution in [2.75, 3.05) is 5.32 Å². The van der Waals surface area contributed by atoms with E-state index in [0.717, 1.165) is 16.8 Å². The van der Waals surface area contributed by atoms with Gasteiger partial charge in [0.2, 0.25) is 6.41 Å². The predicted octanol–water partition coefficient (Wildman–Crippen LogP) is 1.73. The molecule has 0 unspecified atom stereocenters. The number of nitrogens with zero attached hydrogens (tertiary/aromatic N) is 1. The highest BCUT2D eigenvalue weighted by molar-refractivity contribution is 7.14. The van der Waals surface area contributed by atoms with Gasteiger partial charge in [-0.3, -0.25) is 4.79 Å². The van der Waals surface area contributed by atoms with Gasteiger partial charge in [-0.1, -0.05) is 0 Å². The fraction of sp³-hybridized carbons (Fsp3) is 0.200. The van der Waals surface area contributed by atoms with E-state index >= 15 is 0 Å². The Morgan fingerprint density at radius 1 is 1.58 bits per heavy atom. The van der Waals surface area contributed by atoms with Crippen molar-refractivity contribution in [3.8, 4) is 0 Å². The molecule has 0 atom stereocenters. The van der Waals surface area contributed by atoms with Crippen molar-refractivity contribution < 1.29 is 18.0 Å². The number of hydrogen-bond donors (Lipinski definition) is 1. The Bertz CT molecular complexity index is 282. The quantitative estimate of drug-likeness (QED) is 0.732. The van der Waals surface area contributed by atoms with E-state index in [9.17, 15) is 18.0 Å². The highest BCUT2D eigenvalue weighted by atomic mass is 32.1. The molecular formula is C5H3F3N2OS. The van der Waals surface area contributed by atoms with E-state index < -0.39 is 11.9 Å². The molecule has 1 amide bonds. The molecule has 0 radical (unpaired) electrons. The zero-order valence-corrected chi connectivity index (χ0v) is 6.37. The number of thiazole rings is 1. The molecule has 0 aromatic carbocycles. The van der Waals surface area contributed by atoms with Crippen LogP contribution in [0.4, 0.5) is 18.2 Å². The number of aromatic nitrogens is 1. The van der Waals surface area contributed by atoms with Gasteiger partial charge in [-0.25, -0.2) is 4.98 Å². The average Bonchev–Trinajstić information content (AvgIpc) is 2.34. The Kier molecular flexibility index (Phi) is 2.32. The molecule has 66 valence electrons. The van der Waals surface area contributed by atoms with Crippen molar-refractivity contribution in [2.24, 2.45) is 0 Å².